The van der Waals surface area contributed by atoms with Gasteiger partial charge in [0.25, 0.3) is 5.91 Å². The SMILES string of the molecule is CS(=O)(=O)c1ccc(N2CCN(C(=O)c3ccco3)CC2)c(F)c1. The van der Waals surface area contributed by atoms with Gasteiger partial charge in [0, 0.05) is 32.4 Å². The first-order valence-corrected chi connectivity index (χ1v) is 9.33. The molecule has 1 amide bonds. The van der Waals surface area contributed by atoms with Crippen molar-refractivity contribution in [2.45, 2.75) is 4.90 Å². The van der Waals surface area contributed by atoms with Gasteiger partial charge in [0.15, 0.2) is 15.6 Å². The molecule has 1 aromatic carbocycles. The zero-order valence-corrected chi connectivity index (χ0v) is 13.9. The highest BCUT2D eigenvalue weighted by molar-refractivity contribution is 7.90. The molecule has 1 aromatic heterocycles. The number of rotatable bonds is 3. The number of benzene rings is 1. The van der Waals surface area contributed by atoms with Crippen molar-refractivity contribution < 1.29 is 22.0 Å². The molecule has 2 heterocycles. The number of furan rings is 1. The molecule has 2 aromatic rings. The van der Waals surface area contributed by atoms with E-state index in [1.165, 1.54) is 18.4 Å². The molecule has 1 aliphatic rings. The minimum Gasteiger partial charge on any atom is -0.459 e. The van der Waals surface area contributed by atoms with E-state index >= 15 is 0 Å². The number of sulfone groups is 1. The van der Waals surface area contributed by atoms with Gasteiger partial charge in [-0.2, -0.15) is 0 Å². The number of hydrogen-bond donors (Lipinski definition) is 0. The minimum atomic E-state index is -3.44. The summed E-state index contributed by atoms with van der Waals surface area (Å²) in [4.78, 5) is 15.6. The van der Waals surface area contributed by atoms with Gasteiger partial charge in [-0.15, -0.1) is 0 Å². The second-order valence-corrected chi connectivity index (χ2v) is 7.66. The van der Waals surface area contributed by atoms with E-state index in [0.717, 1.165) is 12.3 Å². The number of carbonyl (C=O) groups is 1. The average molecular weight is 352 g/mol. The summed E-state index contributed by atoms with van der Waals surface area (Å²) in [6.45, 7) is 1.79. The van der Waals surface area contributed by atoms with Crippen LogP contribution in [0.2, 0.25) is 0 Å². The van der Waals surface area contributed by atoms with Gasteiger partial charge in [0.2, 0.25) is 0 Å². The molecular weight excluding hydrogens is 335 g/mol. The Bertz CT molecular complexity index is 841. The Morgan fingerprint density at radius 3 is 2.42 bits per heavy atom. The molecule has 0 saturated carbocycles. The van der Waals surface area contributed by atoms with Crippen molar-refractivity contribution in [3.8, 4) is 0 Å². The fourth-order valence-corrected chi connectivity index (χ4v) is 3.31. The van der Waals surface area contributed by atoms with E-state index < -0.39 is 15.7 Å². The molecule has 3 rings (SSSR count). The molecule has 0 radical (unpaired) electrons. The Balaban J connectivity index is 1.70. The van der Waals surface area contributed by atoms with Crippen molar-refractivity contribution in [1.82, 2.24) is 4.90 Å². The number of halogens is 1. The lowest BCUT2D eigenvalue weighted by Crippen LogP contribution is -2.49. The largest absolute Gasteiger partial charge is 0.459 e. The van der Waals surface area contributed by atoms with Crippen molar-refractivity contribution in [3.05, 3.63) is 48.2 Å². The Hall–Kier alpha value is -2.35. The fourth-order valence-electron chi connectivity index (χ4n) is 2.68. The molecule has 128 valence electrons. The topological polar surface area (TPSA) is 70.8 Å². The third kappa shape index (κ3) is 3.28. The smallest absolute Gasteiger partial charge is 0.289 e. The lowest BCUT2D eigenvalue weighted by Gasteiger charge is -2.35. The van der Waals surface area contributed by atoms with Crippen LogP contribution < -0.4 is 4.90 Å². The van der Waals surface area contributed by atoms with E-state index in [9.17, 15) is 17.6 Å². The van der Waals surface area contributed by atoms with E-state index in [1.54, 1.807) is 21.9 Å². The molecular formula is C16H17FN2O4S. The van der Waals surface area contributed by atoms with Crippen LogP contribution in [0.5, 0.6) is 0 Å². The zero-order valence-electron chi connectivity index (χ0n) is 13.1. The van der Waals surface area contributed by atoms with Crippen molar-refractivity contribution in [3.63, 3.8) is 0 Å². The molecule has 0 N–H and O–H groups in total. The van der Waals surface area contributed by atoms with E-state index in [1.807, 2.05) is 0 Å². The second-order valence-electron chi connectivity index (χ2n) is 5.64. The molecule has 0 aliphatic carbocycles. The molecule has 0 unspecified atom stereocenters. The van der Waals surface area contributed by atoms with E-state index in [0.29, 0.717) is 31.9 Å². The fraction of sp³-hybridized carbons (Fsp3) is 0.312. The van der Waals surface area contributed by atoms with Crippen molar-refractivity contribution in [2.75, 3.05) is 37.3 Å². The molecule has 24 heavy (non-hydrogen) atoms. The maximum Gasteiger partial charge on any atom is 0.289 e. The van der Waals surface area contributed by atoms with Gasteiger partial charge >= 0.3 is 0 Å². The van der Waals surface area contributed by atoms with Crippen LogP contribution >= 0.6 is 0 Å². The lowest BCUT2D eigenvalue weighted by atomic mass is 10.2. The van der Waals surface area contributed by atoms with Gasteiger partial charge in [-0.1, -0.05) is 0 Å². The first-order chi connectivity index (χ1) is 11.4. The monoisotopic (exact) mass is 352 g/mol. The maximum absolute atomic E-state index is 14.2. The molecule has 0 atom stereocenters. The Labute approximate surface area is 139 Å². The summed E-state index contributed by atoms with van der Waals surface area (Å²) in [5.74, 6) is -0.483. The van der Waals surface area contributed by atoms with E-state index in [4.69, 9.17) is 4.42 Å². The number of amides is 1. The quantitative estimate of drug-likeness (QED) is 0.842. The zero-order chi connectivity index (χ0) is 17.3. The molecule has 1 fully saturated rings. The predicted molar refractivity (Wildman–Crippen MR) is 86.3 cm³/mol. The van der Waals surface area contributed by atoms with Gasteiger partial charge in [-0.3, -0.25) is 4.79 Å². The number of piperazine rings is 1. The Kier molecular flexibility index (Phi) is 4.31. The first-order valence-electron chi connectivity index (χ1n) is 7.43. The summed E-state index contributed by atoms with van der Waals surface area (Å²) in [6.07, 6.45) is 2.49. The van der Waals surface area contributed by atoms with Crippen LogP contribution in [0.3, 0.4) is 0 Å². The van der Waals surface area contributed by atoms with Crippen molar-refractivity contribution >= 4 is 21.4 Å². The first kappa shape index (κ1) is 16.5. The van der Waals surface area contributed by atoms with Crippen LogP contribution in [0.25, 0.3) is 0 Å². The summed E-state index contributed by atoms with van der Waals surface area (Å²) in [5.41, 5.74) is 0.340. The third-order valence-corrected chi connectivity index (χ3v) is 5.10. The van der Waals surface area contributed by atoms with Crippen LogP contribution in [0.4, 0.5) is 10.1 Å². The highest BCUT2D eigenvalue weighted by Gasteiger charge is 2.25. The Morgan fingerprint density at radius 1 is 1.17 bits per heavy atom. The van der Waals surface area contributed by atoms with Crippen LogP contribution in [0, 0.1) is 5.82 Å². The number of nitrogens with zero attached hydrogens (tertiary/aromatic N) is 2. The van der Waals surface area contributed by atoms with E-state index in [-0.39, 0.29) is 16.6 Å². The normalized spacial score (nSPS) is 15.6. The number of anilines is 1. The van der Waals surface area contributed by atoms with Crippen molar-refractivity contribution in [1.29, 1.82) is 0 Å². The molecule has 0 bridgehead atoms. The Morgan fingerprint density at radius 2 is 1.88 bits per heavy atom. The second kappa shape index (κ2) is 6.27. The number of carbonyl (C=O) groups excluding carboxylic acids is 1. The average Bonchev–Trinajstić information content (AvgIpc) is 3.08. The summed E-state index contributed by atoms with van der Waals surface area (Å²) in [7, 11) is -3.44. The summed E-state index contributed by atoms with van der Waals surface area (Å²) >= 11 is 0. The van der Waals surface area contributed by atoms with Crippen molar-refractivity contribution in [2.24, 2.45) is 0 Å². The van der Waals surface area contributed by atoms with Gasteiger partial charge in [0.1, 0.15) is 5.82 Å². The molecule has 0 spiro atoms. The van der Waals surface area contributed by atoms with Crippen LogP contribution in [-0.2, 0) is 9.84 Å². The van der Waals surface area contributed by atoms with Crippen LogP contribution in [0.15, 0.2) is 45.9 Å². The van der Waals surface area contributed by atoms with E-state index in [2.05, 4.69) is 0 Å². The highest BCUT2D eigenvalue weighted by Crippen LogP contribution is 2.24. The predicted octanol–water partition coefficient (Wildman–Crippen LogP) is 1.78. The summed E-state index contributed by atoms with van der Waals surface area (Å²) in [6, 6.07) is 7.16. The third-order valence-electron chi connectivity index (χ3n) is 3.99. The van der Waals surface area contributed by atoms with Gasteiger partial charge in [-0.05, 0) is 30.3 Å². The molecule has 1 saturated heterocycles. The maximum atomic E-state index is 14.2. The standard InChI is InChI=1S/C16H17FN2O4S/c1-24(21,22)12-4-5-14(13(17)11-12)18-6-8-19(9-7-18)16(20)15-3-2-10-23-15/h2-5,10-11H,6-9H2,1H3. The van der Waals surface area contributed by atoms with Gasteiger partial charge < -0.3 is 14.2 Å². The summed E-state index contributed by atoms with van der Waals surface area (Å²) < 4.78 is 42.3. The molecule has 8 heteroatoms. The highest BCUT2D eigenvalue weighted by atomic mass is 32.2. The van der Waals surface area contributed by atoms with Gasteiger partial charge in [0.05, 0.1) is 16.8 Å². The van der Waals surface area contributed by atoms with Gasteiger partial charge in [-0.25, -0.2) is 12.8 Å². The summed E-state index contributed by atoms with van der Waals surface area (Å²) in [5, 5.41) is 0. The molecule has 6 nitrogen and oxygen atoms in total. The van der Waals surface area contributed by atoms with Crippen LogP contribution in [-0.4, -0.2) is 51.7 Å². The molecule has 1 aliphatic heterocycles. The van der Waals surface area contributed by atoms with Crippen LogP contribution in [0.1, 0.15) is 10.6 Å². The number of hydrogen-bond acceptors (Lipinski definition) is 5. The lowest BCUT2D eigenvalue weighted by molar-refractivity contribution is 0.0714. The minimum absolute atomic E-state index is 0.0459.